The first-order chi connectivity index (χ1) is 24.5. The Labute approximate surface area is 362 Å². The maximum Gasteiger partial charge on any atom is 0.327 e. The fourth-order valence-electron chi connectivity index (χ4n) is 5.20. The van der Waals surface area contributed by atoms with E-state index in [0.717, 1.165) is 20.1 Å². The number of anilines is 2. The molecule has 0 radical (unpaired) electrons. The highest BCUT2D eigenvalue weighted by molar-refractivity contribution is 14.0. The zero-order valence-electron chi connectivity index (χ0n) is 28.7. The summed E-state index contributed by atoms with van der Waals surface area (Å²) in [6.07, 6.45) is 0.836. The predicted molar refractivity (Wildman–Crippen MR) is 233 cm³/mol. The third kappa shape index (κ3) is 13.1. The van der Waals surface area contributed by atoms with Gasteiger partial charge in [0.1, 0.15) is 12.1 Å². The molecule has 0 bridgehead atoms. The Hall–Kier alpha value is -2.43. The van der Waals surface area contributed by atoms with E-state index in [0.29, 0.717) is 44.3 Å². The van der Waals surface area contributed by atoms with Gasteiger partial charge in [-0.3, -0.25) is 14.4 Å². The van der Waals surface area contributed by atoms with Crippen LogP contribution in [0.5, 0.6) is 0 Å². The number of halogens is 7. The summed E-state index contributed by atoms with van der Waals surface area (Å²) >= 11 is 30.9. The molecule has 1 saturated heterocycles. The largest absolute Gasteiger partial charge is 0.465 e. The summed E-state index contributed by atoms with van der Waals surface area (Å²) in [5, 5.41) is 7.62. The van der Waals surface area contributed by atoms with Crippen molar-refractivity contribution in [1.29, 1.82) is 0 Å². The number of hydrogen-bond donors (Lipinski definition) is 3. The quantitative estimate of drug-likeness (QED) is 0.107. The van der Waals surface area contributed by atoms with Crippen LogP contribution >= 0.6 is 102 Å². The number of aliphatic imine (C=N–C) groups is 1. The van der Waals surface area contributed by atoms with Crippen molar-refractivity contribution in [2.75, 3.05) is 23.4 Å². The van der Waals surface area contributed by atoms with Gasteiger partial charge in [0.2, 0.25) is 11.9 Å². The molecule has 2 amide bonds. The number of nitrogens with one attached hydrogen (secondary N) is 2. The lowest BCUT2D eigenvalue weighted by Gasteiger charge is -2.24. The number of esters is 1. The molecule has 0 aromatic heterocycles. The Bertz CT molecular complexity index is 1930. The summed E-state index contributed by atoms with van der Waals surface area (Å²) in [5.74, 6) is -0.768. The van der Waals surface area contributed by atoms with E-state index in [9.17, 15) is 14.4 Å². The number of amides is 2. The second-order valence-electron chi connectivity index (χ2n) is 12.3. The van der Waals surface area contributed by atoms with Gasteiger partial charge in [-0.15, -0.1) is 24.0 Å². The van der Waals surface area contributed by atoms with Crippen LogP contribution < -0.4 is 21.3 Å². The molecule has 282 valence electrons. The monoisotopic (exact) mass is 1040 g/mol. The lowest BCUT2D eigenvalue weighted by Crippen LogP contribution is -2.50. The molecule has 0 spiro atoms. The highest BCUT2D eigenvalue weighted by atomic mass is 127. The van der Waals surface area contributed by atoms with E-state index in [4.69, 9.17) is 56.9 Å². The van der Waals surface area contributed by atoms with Crippen molar-refractivity contribution in [3.8, 4) is 0 Å². The van der Waals surface area contributed by atoms with Gasteiger partial charge in [0.25, 0.3) is 5.91 Å². The molecular formula is C37H36Br2Cl4IN5O4. The standard InChI is InChI=1S/C21H20BrCl2N3O3.C16H15BrCl2N2O.HI/c1-3-30-18(28)12-25-20-26-21(2,11-13-4-6-14(22)7-5-13)19(29)27(20)17-9-15(23)8-16(24)10-17;1-16(20,9-10-2-4-11(17)5-3-10)15(22)21-14-7-12(18)6-13(19)8-14;/h4-10H,3,11-12H2,1-2H3,(H,25,26);2-8H,9,20H2,1H3,(H,21,22);1H/t21-;16-;/m11./s1. The Morgan fingerprint density at radius 3 is 1.89 bits per heavy atom. The molecule has 1 aliphatic rings. The molecule has 4 N–H and O–H groups in total. The third-order valence-electron chi connectivity index (χ3n) is 7.64. The number of nitrogens with zero attached hydrogens (tertiary/aromatic N) is 2. The summed E-state index contributed by atoms with van der Waals surface area (Å²) in [6, 6.07) is 25.1. The molecule has 1 aliphatic heterocycles. The first kappa shape index (κ1) is 45.0. The zero-order valence-corrected chi connectivity index (χ0v) is 37.2. The maximum absolute atomic E-state index is 13.5. The lowest BCUT2D eigenvalue weighted by molar-refractivity contribution is -0.141. The Kier molecular flexibility index (Phi) is 16.9. The molecule has 16 heteroatoms. The number of nitrogens with two attached hydrogens (primary N) is 1. The summed E-state index contributed by atoms with van der Waals surface area (Å²) < 4.78 is 6.88. The van der Waals surface area contributed by atoms with E-state index < -0.39 is 17.0 Å². The third-order valence-corrected chi connectivity index (χ3v) is 9.57. The lowest BCUT2D eigenvalue weighted by atomic mass is 9.93. The molecule has 1 heterocycles. The Morgan fingerprint density at radius 1 is 0.887 bits per heavy atom. The average Bonchev–Trinajstić information content (AvgIpc) is 3.30. The van der Waals surface area contributed by atoms with Crippen LogP contribution in [-0.4, -0.2) is 48.0 Å². The number of carbonyl (C=O) groups is 3. The topological polar surface area (TPSA) is 126 Å². The van der Waals surface area contributed by atoms with Crippen LogP contribution in [0, 0.1) is 0 Å². The average molecular weight is 1040 g/mol. The minimum absolute atomic E-state index is 0. The molecule has 1 fully saturated rings. The smallest absolute Gasteiger partial charge is 0.327 e. The molecule has 9 nitrogen and oxygen atoms in total. The van der Waals surface area contributed by atoms with Gasteiger partial charge in [-0.05, 0) is 99.0 Å². The number of ether oxygens (including phenoxy) is 1. The predicted octanol–water partition coefficient (Wildman–Crippen LogP) is 9.89. The highest BCUT2D eigenvalue weighted by Gasteiger charge is 2.47. The fraction of sp³-hybridized carbons (Fsp3) is 0.243. The van der Waals surface area contributed by atoms with Crippen LogP contribution in [0.4, 0.5) is 11.4 Å². The van der Waals surface area contributed by atoms with Crippen molar-refractivity contribution in [2.24, 2.45) is 10.7 Å². The first-order valence-corrected chi connectivity index (χ1v) is 18.9. The van der Waals surface area contributed by atoms with E-state index in [1.807, 2.05) is 48.5 Å². The van der Waals surface area contributed by atoms with Gasteiger partial charge in [-0.25, -0.2) is 9.89 Å². The van der Waals surface area contributed by atoms with Gasteiger partial charge >= 0.3 is 5.97 Å². The van der Waals surface area contributed by atoms with E-state index in [1.165, 1.54) is 4.90 Å². The van der Waals surface area contributed by atoms with Crippen molar-refractivity contribution < 1.29 is 19.1 Å². The van der Waals surface area contributed by atoms with E-state index >= 15 is 0 Å². The molecule has 2 atom stereocenters. The molecule has 0 saturated carbocycles. The second-order valence-corrected chi connectivity index (χ2v) is 15.9. The summed E-state index contributed by atoms with van der Waals surface area (Å²) in [7, 11) is 0. The molecule has 5 rings (SSSR count). The summed E-state index contributed by atoms with van der Waals surface area (Å²) in [5.41, 5.74) is 7.07. The van der Waals surface area contributed by atoms with Crippen molar-refractivity contribution in [3.63, 3.8) is 0 Å². The SMILES string of the molecule is CCOC(=O)CN=C1N[C@](C)(Cc2ccc(Br)cc2)C(=O)N1c1cc(Cl)cc(Cl)c1.C[C@@](N)(Cc1ccc(Br)cc1)C(=O)Nc1cc(Cl)cc(Cl)c1.I. The van der Waals surface area contributed by atoms with Crippen LogP contribution in [0.2, 0.25) is 20.1 Å². The molecule has 4 aromatic rings. The highest BCUT2D eigenvalue weighted by Crippen LogP contribution is 2.32. The first-order valence-electron chi connectivity index (χ1n) is 15.8. The van der Waals surface area contributed by atoms with Crippen LogP contribution in [-0.2, 0) is 32.0 Å². The number of benzene rings is 4. The van der Waals surface area contributed by atoms with E-state index in [-0.39, 0.29) is 54.9 Å². The number of carbonyl (C=O) groups excluding carboxylic acids is 3. The molecular weight excluding hydrogens is 1010 g/mol. The van der Waals surface area contributed by atoms with Crippen LogP contribution in [0.3, 0.4) is 0 Å². The van der Waals surface area contributed by atoms with Gasteiger partial charge < -0.3 is 21.1 Å². The summed E-state index contributed by atoms with van der Waals surface area (Å²) in [6.45, 7) is 5.24. The normalized spacial score (nSPS) is 16.8. The Morgan fingerprint density at radius 2 is 1.38 bits per heavy atom. The van der Waals surface area contributed by atoms with Crippen LogP contribution in [0.15, 0.2) is 98.9 Å². The van der Waals surface area contributed by atoms with Crippen molar-refractivity contribution in [3.05, 3.63) is 125 Å². The van der Waals surface area contributed by atoms with Gasteiger partial charge in [0.15, 0.2) is 0 Å². The molecule has 4 aromatic carbocycles. The second kappa shape index (κ2) is 19.9. The maximum atomic E-state index is 13.5. The van der Waals surface area contributed by atoms with Crippen molar-refractivity contribution in [1.82, 2.24) is 5.32 Å². The Balaban J connectivity index is 0.000000293. The minimum Gasteiger partial charge on any atom is -0.465 e. The molecule has 0 aliphatic carbocycles. The van der Waals surface area contributed by atoms with E-state index in [2.05, 4.69) is 47.5 Å². The number of guanidine groups is 1. The zero-order chi connectivity index (χ0) is 38.2. The van der Waals surface area contributed by atoms with Crippen molar-refractivity contribution in [2.45, 2.75) is 44.7 Å². The number of hydrogen-bond acceptors (Lipinski definition) is 6. The van der Waals surface area contributed by atoms with Crippen LogP contribution in [0.1, 0.15) is 31.9 Å². The van der Waals surface area contributed by atoms with Crippen LogP contribution in [0.25, 0.3) is 0 Å². The fourth-order valence-corrected chi connectivity index (χ4v) is 6.77. The number of rotatable bonds is 10. The van der Waals surface area contributed by atoms with Gasteiger partial charge in [-0.2, -0.15) is 0 Å². The summed E-state index contributed by atoms with van der Waals surface area (Å²) in [4.78, 5) is 43.4. The van der Waals surface area contributed by atoms with Crippen molar-refractivity contribution >= 4 is 137 Å². The minimum atomic E-state index is -1.05. The van der Waals surface area contributed by atoms with Gasteiger partial charge in [-0.1, -0.05) is 103 Å². The molecule has 0 unspecified atom stereocenters. The molecule has 53 heavy (non-hydrogen) atoms. The van der Waals surface area contributed by atoms with Gasteiger partial charge in [0, 0.05) is 41.1 Å². The van der Waals surface area contributed by atoms with E-state index in [1.54, 1.807) is 57.2 Å². The van der Waals surface area contributed by atoms with Gasteiger partial charge in [0.05, 0.1) is 17.8 Å².